The molecule has 1 aliphatic heterocycles. The molecule has 1 N–H and O–H groups in total. The second-order valence-electron chi connectivity index (χ2n) is 6.90. The highest BCUT2D eigenvalue weighted by Crippen LogP contribution is 2.24. The molecule has 1 aliphatic rings. The van der Waals surface area contributed by atoms with Crippen LogP contribution in [0.1, 0.15) is 44.0 Å². The van der Waals surface area contributed by atoms with Crippen LogP contribution in [0.25, 0.3) is 5.69 Å². The van der Waals surface area contributed by atoms with Crippen LogP contribution >= 0.6 is 0 Å². The Morgan fingerprint density at radius 1 is 1.08 bits per heavy atom. The fourth-order valence-electron chi connectivity index (χ4n) is 3.52. The van der Waals surface area contributed by atoms with Crippen LogP contribution in [0.3, 0.4) is 0 Å². The Morgan fingerprint density at radius 2 is 1.72 bits per heavy atom. The van der Waals surface area contributed by atoms with E-state index in [9.17, 15) is 4.79 Å². The number of rotatable bonds is 4. The van der Waals surface area contributed by atoms with Crippen molar-refractivity contribution in [3.63, 3.8) is 0 Å². The van der Waals surface area contributed by atoms with Gasteiger partial charge in [-0.15, -0.1) is 0 Å². The van der Waals surface area contributed by atoms with E-state index in [1.165, 1.54) is 12.8 Å². The minimum Gasteiger partial charge on any atom is -0.371 e. The molecule has 1 atom stereocenters. The molecule has 1 fully saturated rings. The van der Waals surface area contributed by atoms with E-state index < -0.39 is 0 Å². The zero-order valence-corrected chi connectivity index (χ0v) is 15.5. The van der Waals surface area contributed by atoms with Crippen molar-refractivity contribution in [2.45, 2.75) is 52.5 Å². The number of hydrogen-bond acceptors (Lipinski definition) is 3. The molecular weight excluding hydrogens is 312 g/mol. The van der Waals surface area contributed by atoms with E-state index in [0.29, 0.717) is 0 Å². The predicted molar refractivity (Wildman–Crippen MR) is 101 cm³/mol. The average molecular weight is 340 g/mol. The zero-order valence-electron chi connectivity index (χ0n) is 15.5. The van der Waals surface area contributed by atoms with Crippen molar-refractivity contribution in [3.05, 3.63) is 41.7 Å². The monoisotopic (exact) mass is 340 g/mol. The number of nitrogens with one attached hydrogen (secondary N) is 1. The maximum atomic E-state index is 12.8. The number of nitrogens with zero attached hydrogens (tertiary/aromatic N) is 3. The van der Waals surface area contributed by atoms with E-state index >= 15 is 0 Å². The third-order valence-corrected chi connectivity index (χ3v) is 4.94. The number of amides is 1. The summed E-state index contributed by atoms with van der Waals surface area (Å²) in [5, 5.41) is 8.06. The summed E-state index contributed by atoms with van der Waals surface area (Å²) >= 11 is 0. The van der Waals surface area contributed by atoms with Gasteiger partial charge in [-0.25, -0.2) is 4.68 Å². The van der Waals surface area contributed by atoms with E-state index in [-0.39, 0.29) is 11.9 Å². The number of anilines is 1. The molecule has 25 heavy (non-hydrogen) atoms. The molecule has 0 aliphatic carbocycles. The van der Waals surface area contributed by atoms with Gasteiger partial charge in [-0.1, -0.05) is 31.0 Å². The molecule has 1 aromatic carbocycles. The van der Waals surface area contributed by atoms with Gasteiger partial charge >= 0.3 is 0 Å². The number of benzene rings is 1. The van der Waals surface area contributed by atoms with Gasteiger partial charge < -0.3 is 10.2 Å². The molecule has 0 spiro atoms. The molecule has 0 unspecified atom stereocenters. The lowest BCUT2D eigenvalue weighted by Crippen LogP contribution is -2.42. The molecule has 0 radical (unpaired) electrons. The second-order valence-corrected chi connectivity index (χ2v) is 6.90. The summed E-state index contributed by atoms with van der Waals surface area (Å²) in [6.45, 7) is 7.74. The molecule has 5 heteroatoms. The van der Waals surface area contributed by atoms with Crippen LogP contribution in [0, 0.1) is 13.8 Å². The third-order valence-electron chi connectivity index (χ3n) is 4.94. The molecule has 0 saturated carbocycles. The number of aromatic nitrogens is 2. The van der Waals surface area contributed by atoms with Crippen LogP contribution in [-0.4, -0.2) is 39.7 Å². The highest BCUT2D eigenvalue weighted by molar-refractivity contribution is 5.84. The van der Waals surface area contributed by atoms with Gasteiger partial charge in [0.2, 0.25) is 5.91 Å². The van der Waals surface area contributed by atoms with Crippen LogP contribution in [-0.2, 0) is 4.79 Å². The number of likely N-dealkylation sites (tertiary alicyclic amines) is 1. The first kappa shape index (κ1) is 17.5. The van der Waals surface area contributed by atoms with Crippen LogP contribution in [0.5, 0.6) is 0 Å². The maximum absolute atomic E-state index is 12.8. The van der Waals surface area contributed by atoms with Crippen molar-refractivity contribution in [3.8, 4) is 5.69 Å². The van der Waals surface area contributed by atoms with Crippen LogP contribution in [0.15, 0.2) is 30.3 Å². The fraction of sp³-hybridized carbons (Fsp3) is 0.500. The quantitative estimate of drug-likeness (QED) is 0.923. The summed E-state index contributed by atoms with van der Waals surface area (Å²) in [6, 6.07) is 9.83. The lowest BCUT2D eigenvalue weighted by molar-refractivity contribution is -0.131. The van der Waals surface area contributed by atoms with Crippen molar-refractivity contribution in [2.24, 2.45) is 0 Å². The van der Waals surface area contributed by atoms with Crippen molar-refractivity contribution in [1.29, 1.82) is 0 Å². The van der Waals surface area contributed by atoms with Gasteiger partial charge in [-0.05, 0) is 45.7 Å². The standard InChI is InChI=1S/C20H28N4O/c1-15-19(17(3)24(22-15)18-11-7-6-8-12-18)21-16(2)20(25)23-13-9-4-5-10-14-23/h6-8,11-12,16,21H,4-5,9-10,13-14H2,1-3H3/t16-/m1/s1. The Bertz CT molecular complexity index is 715. The van der Waals surface area contributed by atoms with E-state index in [2.05, 4.69) is 10.4 Å². The first-order chi connectivity index (χ1) is 12.1. The molecule has 0 bridgehead atoms. The number of carbonyl (C=O) groups is 1. The van der Waals surface area contributed by atoms with Gasteiger partial charge in [0.05, 0.1) is 22.8 Å². The topological polar surface area (TPSA) is 50.2 Å². The number of para-hydroxylation sites is 1. The Morgan fingerprint density at radius 3 is 2.36 bits per heavy atom. The SMILES string of the molecule is Cc1nn(-c2ccccc2)c(C)c1N[C@H](C)C(=O)N1CCCCCC1. The molecular formula is C20H28N4O. The summed E-state index contributed by atoms with van der Waals surface area (Å²) in [4.78, 5) is 14.8. The average Bonchev–Trinajstić information content (AvgIpc) is 2.83. The van der Waals surface area contributed by atoms with Crippen LogP contribution in [0.4, 0.5) is 5.69 Å². The smallest absolute Gasteiger partial charge is 0.244 e. The van der Waals surface area contributed by atoms with Crippen molar-refractivity contribution in [1.82, 2.24) is 14.7 Å². The Hall–Kier alpha value is -2.30. The number of aryl methyl sites for hydroxylation is 1. The zero-order chi connectivity index (χ0) is 17.8. The summed E-state index contributed by atoms with van der Waals surface area (Å²) in [5.41, 5.74) is 3.93. The third kappa shape index (κ3) is 3.86. The Kier molecular flexibility index (Phi) is 5.41. The highest BCUT2D eigenvalue weighted by atomic mass is 16.2. The first-order valence-corrected chi connectivity index (χ1v) is 9.25. The van der Waals surface area contributed by atoms with Gasteiger partial charge in [0.25, 0.3) is 0 Å². The van der Waals surface area contributed by atoms with Gasteiger partial charge in [0, 0.05) is 13.1 Å². The lowest BCUT2D eigenvalue weighted by Gasteiger charge is -2.25. The second kappa shape index (κ2) is 7.72. The fourth-order valence-corrected chi connectivity index (χ4v) is 3.52. The van der Waals surface area contributed by atoms with Crippen LogP contribution in [0.2, 0.25) is 0 Å². The lowest BCUT2D eigenvalue weighted by atomic mass is 10.2. The largest absolute Gasteiger partial charge is 0.371 e. The van der Waals surface area contributed by atoms with Crippen molar-refractivity contribution >= 4 is 11.6 Å². The van der Waals surface area contributed by atoms with Crippen molar-refractivity contribution in [2.75, 3.05) is 18.4 Å². The first-order valence-electron chi connectivity index (χ1n) is 9.25. The summed E-state index contributed by atoms with van der Waals surface area (Å²) in [6.07, 6.45) is 4.69. The normalized spacial score (nSPS) is 16.4. The summed E-state index contributed by atoms with van der Waals surface area (Å²) < 4.78 is 1.93. The molecule has 1 aromatic heterocycles. The Labute approximate surface area is 150 Å². The molecule has 2 heterocycles. The van der Waals surface area contributed by atoms with E-state index in [0.717, 1.165) is 48.7 Å². The highest BCUT2D eigenvalue weighted by Gasteiger charge is 2.23. The van der Waals surface area contributed by atoms with Gasteiger partial charge in [0.15, 0.2) is 0 Å². The van der Waals surface area contributed by atoms with E-state index in [1.54, 1.807) is 0 Å². The summed E-state index contributed by atoms with van der Waals surface area (Å²) in [5.74, 6) is 0.188. The molecule has 134 valence electrons. The summed E-state index contributed by atoms with van der Waals surface area (Å²) in [7, 11) is 0. The van der Waals surface area contributed by atoms with Crippen molar-refractivity contribution < 1.29 is 4.79 Å². The van der Waals surface area contributed by atoms with E-state index in [4.69, 9.17) is 0 Å². The minimum absolute atomic E-state index is 0.188. The molecule has 2 aromatic rings. The Balaban J connectivity index is 1.76. The minimum atomic E-state index is -0.246. The number of hydrogen-bond donors (Lipinski definition) is 1. The predicted octanol–water partition coefficient (Wildman–Crippen LogP) is 3.69. The molecule has 1 saturated heterocycles. The van der Waals surface area contributed by atoms with Gasteiger partial charge in [0.1, 0.15) is 6.04 Å². The molecule has 1 amide bonds. The van der Waals surface area contributed by atoms with Crippen LogP contribution < -0.4 is 5.32 Å². The molecule has 3 rings (SSSR count). The molecule has 5 nitrogen and oxygen atoms in total. The maximum Gasteiger partial charge on any atom is 0.244 e. The number of carbonyl (C=O) groups excluding carboxylic acids is 1. The van der Waals surface area contributed by atoms with Gasteiger partial charge in [-0.3, -0.25) is 4.79 Å². The van der Waals surface area contributed by atoms with E-state index in [1.807, 2.05) is 60.7 Å². The van der Waals surface area contributed by atoms with Gasteiger partial charge in [-0.2, -0.15) is 5.10 Å².